The molecule has 0 bridgehead atoms. The van der Waals surface area contributed by atoms with E-state index in [1.807, 2.05) is 0 Å². The molecular weight excluding hydrogens is 400 g/mol. The Balaban J connectivity index is 0.00000676. The largest absolute Gasteiger partial charge is 1.00 e. The molecule has 0 aliphatic rings. The lowest BCUT2D eigenvalue weighted by atomic mass is 10.0. The number of unbranched alkanes of at least 4 members (excludes halogenated alkanes) is 13. The van der Waals surface area contributed by atoms with Gasteiger partial charge in [-0.15, -0.1) is 0 Å². The maximum atomic E-state index is 5.84. The average molecular weight is 446 g/mol. The summed E-state index contributed by atoms with van der Waals surface area (Å²) in [5.41, 5.74) is 0. The Labute approximate surface area is 179 Å². The molecule has 0 saturated heterocycles. The van der Waals surface area contributed by atoms with Crippen LogP contribution in [0.1, 0.15) is 110 Å². The maximum Gasteiger partial charge on any atom is 0.243 e. The van der Waals surface area contributed by atoms with Gasteiger partial charge in [-0.25, -0.2) is 9.13 Å². The molecule has 1 aromatic rings. The van der Waals surface area contributed by atoms with Gasteiger partial charge in [0.25, 0.3) is 0 Å². The minimum Gasteiger partial charge on any atom is -1.00 e. The summed E-state index contributed by atoms with van der Waals surface area (Å²) < 4.78 is 10.1. The predicted octanol–water partition coefficient (Wildman–Crippen LogP) is 3.38. The van der Waals surface area contributed by atoms with Gasteiger partial charge in [-0.2, -0.15) is 0 Å². The van der Waals surface area contributed by atoms with Crippen LogP contribution in [0.5, 0.6) is 0 Å². The Hall–Kier alpha value is -0.350. The molecule has 0 amide bonds. The number of hydrogen-bond acceptors (Lipinski definition) is 1. The van der Waals surface area contributed by atoms with Gasteiger partial charge >= 0.3 is 0 Å². The summed E-state index contributed by atoms with van der Waals surface area (Å²) in [7, 11) is 2.05. The van der Waals surface area contributed by atoms with Crippen LogP contribution in [0.4, 0.5) is 0 Å². The second-order valence-corrected chi connectivity index (χ2v) is 8.05. The number of ether oxygens (including phenoxy) is 1. The first-order valence-electron chi connectivity index (χ1n) is 11.3. The summed E-state index contributed by atoms with van der Waals surface area (Å²) in [6.45, 7) is 6.23. The second-order valence-electron chi connectivity index (χ2n) is 8.05. The van der Waals surface area contributed by atoms with Crippen molar-refractivity contribution in [1.82, 2.24) is 4.57 Å². The summed E-state index contributed by atoms with van der Waals surface area (Å²) in [6, 6.07) is 0.419. The molecule has 4 heteroatoms. The molecule has 1 rings (SSSR count). The molecule has 3 nitrogen and oxygen atoms in total. The Morgan fingerprint density at radius 3 is 1.74 bits per heavy atom. The van der Waals surface area contributed by atoms with Crippen molar-refractivity contribution in [2.24, 2.45) is 7.05 Å². The van der Waals surface area contributed by atoms with Gasteiger partial charge in [-0.1, -0.05) is 90.4 Å². The first-order valence-corrected chi connectivity index (χ1v) is 11.3. The summed E-state index contributed by atoms with van der Waals surface area (Å²) in [5, 5.41) is 0. The number of imidazole rings is 1. The van der Waals surface area contributed by atoms with Crippen LogP contribution in [0, 0.1) is 0 Å². The monoisotopic (exact) mass is 444 g/mol. The van der Waals surface area contributed by atoms with Gasteiger partial charge in [0.2, 0.25) is 6.33 Å². The molecular formula is C23H45BrN2O. The van der Waals surface area contributed by atoms with Gasteiger partial charge in [0.1, 0.15) is 18.4 Å². The Kier molecular flexibility index (Phi) is 18.7. The number of nitrogens with zero attached hydrogens (tertiary/aromatic N) is 2. The maximum absolute atomic E-state index is 5.84. The van der Waals surface area contributed by atoms with E-state index in [1.54, 1.807) is 0 Å². The van der Waals surface area contributed by atoms with Crippen LogP contribution in [0.25, 0.3) is 0 Å². The number of hydrogen-bond donors (Lipinski definition) is 0. The highest BCUT2D eigenvalue weighted by atomic mass is 79.9. The zero-order valence-corrected chi connectivity index (χ0v) is 19.9. The highest BCUT2D eigenvalue weighted by Crippen LogP contribution is 2.13. The summed E-state index contributed by atoms with van der Waals surface area (Å²) >= 11 is 0. The normalized spacial score (nSPS) is 12.1. The number of aryl methyl sites for hydroxylation is 1. The van der Waals surface area contributed by atoms with E-state index in [0.29, 0.717) is 6.04 Å². The lowest BCUT2D eigenvalue weighted by Gasteiger charge is -2.09. The van der Waals surface area contributed by atoms with E-state index >= 15 is 0 Å². The number of rotatable bonds is 18. The molecule has 1 heterocycles. The van der Waals surface area contributed by atoms with Gasteiger partial charge in [-0.3, -0.25) is 0 Å². The summed E-state index contributed by atoms with van der Waals surface area (Å²) in [5.74, 6) is 0. The first kappa shape index (κ1) is 26.6. The zero-order chi connectivity index (χ0) is 18.9. The molecule has 0 aliphatic heterocycles. The van der Waals surface area contributed by atoms with Crippen LogP contribution >= 0.6 is 0 Å². The van der Waals surface area contributed by atoms with Gasteiger partial charge in [0.15, 0.2) is 0 Å². The highest BCUT2D eigenvalue weighted by Gasteiger charge is 2.10. The van der Waals surface area contributed by atoms with Gasteiger partial charge in [0.05, 0.1) is 13.7 Å². The van der Waals surface area contributed by atoms with Crippen LogP contribution in [-0.2, 0) is 11.8 Å². The van der Waals surface area contributed by atoms with Gasteiger partial charge < -0.3 is 21.7 Å². The molecule has 160 valence electrons. The zero-order valence-electron chi connectivity index (χ0n) is 18.3. The summed E-state index contributed by atoms with van der Waals surface area (Å²) in [4.78, 5) is 0. The third kappa shape index (κ3) is 15.3. The van der Waals surface area contributed by atoms with E-state index in [1.165, 1.54) is 89.9 Å². The van der Waals surface area contributed by atoms with Gasteiger partial charge in [0, 0.05) is 6.61 Å². The molecule has 1 atom stereocenters. The van der Waals surface area contributed by atoms with E-state index in [2.05, 4.69) is 48.8 Å². The van der Waals surface area contributed by atoms with E-state index in [4.69, 9.17) is 4.74 Å². The fraction of sp³-hybridized carbons (Fsp3) is 0.870. The fourth-order valence-electron chi connectivity index (χ4n) is 3.47. The van der Waals surface area contributed by atoms with E-state index in [-0.39, 0.29) is 17.0 Å². The third-order valence-electron chi connectivity index (χ3n) is 5.30. The van der Waals surface area contributed by atoms with Crippen molar-refractivity contribution in [3.8, 4) is 0 Å². The van der Waals surface area contributed by atoms with E-state index in [9.17, 15) is 0 Å². The Bertz CT molecular complexity index is 422. The van der Waals surface area contributed by atoms with Crippen molar-refractivity contribution < 1.29 is 26.3 Å². The molecule has 27 heavy (non-hydrogen) atoms. The van der Waals surface area contributed by atoms with Crippen molar-refractivity contribution in [3.63, 3.8) is 0 Å². The predicted molar refractivity (Wildman–Crippen MR) is 111 cm³/mol. The summed E-state index contributed by atoms with van der Waals surface area (Å²) in [6.07, 6.45) is 26.0. The van der Waals surface area contributed by atoms with E-state index in [0.717, 1.165) is 13.2 Å². The fourth-order valence-corrected chi connectivity index (χ4v) is 3.47. The minimum absolute atomic E-state index is 0. The molecule has 0 aliphatic carbocycles. The first-order chi connectivity index (χ1) is 12.7. The SMILES string of the molecule is CCCCCCCCCCCCCCCCOCC(C)n1cc[n+](C)c1.[Br-]. The lowest BCUT2D eigenvalue weighted by molar-refractivity contribution is -0.671. The Morgan fingerprint density at radius 1 is 0.815 bits per heavy atom. The molecule has 1 unspecified atom stereocenters. The van der Waals surface area contributed by atoms with Crippen LogP contribution in [0.15, 0.2) is 18.7 Å². The minimum atomic E-state index is 0. The molecule has 0 aromatic carbocycles. The molecule has 0 saturated carbocycles. The van der Waals surface area contributed by atoms with Crippen molar-refractivity contribution in [2.75, 3.05) is 13.2 Å². The quantitative estimate of drug-likeness (QED) is 0.250. The Morgan fingerprint density at radius 2 is 1.30 bits per heavy atom. The van der Waals surface area contributed by atoms with Crippen molar-refractivity contribution in [2.45, 2.75) is 110 Å². The second kappa shape index (κ2) is 19.0. The number of aromatic nitrogens is 2. The van der Waals surface area contributed by atoms with Crippen molar-refractivity contribution >= 4 is 0 Å². The van der Waals surface area contributed by atoms with Crippen LogP contribution in [0.2, 0.25) is 0 Å². The van der Waals surface area contributed by atoms with Crippen LogP contribution in [-0.4, -0.2) is 17.8 Å². The smallest absolute Gasteiger partial charge is 0.243 e. The third-order valence-corrected chi connectivity index (χ3v) is 5.30. The average Bonchev–Trinajstić information content (AvgIpc) is 3.07. The van der Waals surface area contributed by atoms with Crippen molar-refractivity contribution in [1.29, 1.82) is 0 Å². The van der Waals surface area contributed by atoms with Crippen molar-refractivity contribution in [3.05, 3.63) is 18.7 Å². The molecule has 0 spiro atoms. The number of halogens is 1. The molecule has 0 radical (unpaired) electrons. The molecule has 0 N–H and O–H groups in total. The van der Waals surface area contributed by atoms with Crippen LogP contribution in [0.3, 0.4) is 0 Å². The standard InChI is InChI=1S/C23H45N2O.BrH/c1-4-5-6-7-8-9-10-11-12-13-14-15-16-17-20-26-21-23(2)25-19-18-24(3)22-25;/h18-19,22-23H,4-17,20-21H2,1-3H3;1H/q+1;/p-1. The van der Waals surface area contributed by atoms with Gasteiger partial charge in [-0.05, 0) is 13.3 Å². The molecule has 1 aromatic heterocycles. The van der Waals surface area contributed by atoms with E-state index < -0.39 is 0 Å². The topological polar surface area (TPSA) is 18.0 Å². The molecule has 0 fully saturated rings. The van der Waals surface area contributed by atoms with Crippen LogP contribution < -0.4 is 21.5 Å². The lowest BCUT2D eigenvalue weighted by Crippen LogP contribution is -3.00. The highest BCUT2D eigenvalue weighted by molar-refractivity contribution is 4.72.